The molecule has 1 saturated carbocycles. The van der Waals surface area contributed by atoms with Crippen LogP contribution in [0.4, 0.5) is 0 Å². The highest BCUT2D eigenvalue weighted by molar-refractivity contribution is 5.37. The topological polar surface area (TPSA) is 35.2 Å². The Balaban J connectivity index is 2.10. The van der Waals surface area contributed by atoms with E-state index in [9.17, 15) is 0 Å². The highest BCUT2D eigenvalue weighted by atomic mass is 16.5. The van der Waals surface area contributed by atoms with E-state index in [1.54, 1.807) is 0 Å². The van der Waals surface area contributed by atoms with E-state index >= 15 is 0 Å². The molecule has 22 heavy (non-hydrogen) atoms. The van der Waals surface area contributed by atoms with Crippen molar-refractivity contribution < 1.29 is 4.74 Å². The molecule has 1 atom stereocenters. The van der Waals surface area contributed by atoms with Crippen molar-refractivity contribution in [3.8, 4) is 5.75 Å². The van der Waals surface area contributed by atoms with E-state index in [0.29, 0.717) is 23.9 Å². The molecule has 0 radical (unpaired) electrons. The van der Waals surface area contributed by atoms with Crippen LogP contribution >= 0.6 is 0 Å². The van der Waals surface area contributed by atoms with Crippen LogP contribution in [0, 0.1) is 17.3 Å². The van der Waals surface area contributed by atoms with Crippen molar-refractivity contribution in [1.29, 1.82) is 0 Å². The van der Waals surface area contributed by atoms with Crippen LogP contribution in [0.1, 0.15) is 64.9 Å². The first-order valence-corrected chi connectivity index (χ1v) is 8.89. The molecule has 1 aromatic carbocycles. The number of hydrogen-bond donors (Lipinski definition) is 1. The first-order chi connectivity index (χ1) is 10.5. The molecule has 2 nitrogen and oxygen atoms in total. The molecular formula is C20H33NO. The van der Waals surface area contributed by atoms with Crippen molar-refractivity contribution in [3.63, 3.8) is 0 Å². The van der Waals surface area contributed by atoms with Crippen LogP contribution in [0.5, 0.6) is 5.75 Å². The van der Waals surface area contributed by atoms with Crippen molar-refractivity contribution in [2.24, 2.45) is 23.0 Å². The lowest BCUT2D eigenvalue weighted by atomic mass is 9.66. The van der Waals surface area contributed by atoms with Gasteiger partial charge in [-0.2, -0.15) is 0 Å². The second-order valence-electron chi connectivity index (χ2n) is 7.79. The van der Waals surface area contributed by atoms with Gasteiger partial charge in [0.15, 0.2) is 0 Å². The van der Waals surface area contributed by atoms with Crippen LogP contribution in [0.3, 0.4) is 0 Å². The summed E-state index contributed by atoms with van der Waals surface area (Å²) in [5.41, 5.74) is 7.91. The molecule has 0 spiro atoms. The summed E-state index contributed by atoms with van der Waals surface area (Å²) in [6.45, 7) is 10.6. The molecule has 0 aromatic heterocycles. The third kappa shape index (κ3) is 4.04. The summed E-state index contributed by atoms with van der Waals surface area (Å²) in [6, 6.07) is 8.46. The lowest BCUT2D eigenvalue weighted by Crippen LogP contribution is -2.30. The number of hydrogen-bond acceptors (Lipinski definition) is 2. The third-order valence-electron chi connectivity index (χ3n) is 5.44. The molecule has 1 aliphatic carbocycles. The first kappa shape index (κ1) is 17.3. The zero-order valence-electron chi connectivity index (χ0n) is 14.8. The van der Waals surface area contributed by atoms with Crippen molar-refractivity contribution in [2.45, 2.75) is 59.3 Å². The Morgan fingerprint density at radius 1 is 1.14 bits per heavy atom. The van der Waals surface area contributed by atoms with Crippen LogP contribution in [0.25, 0.3) is 0 Å². The van der Waals surface area contributed by atoms with E-state index < -0.39 is 0 Å². The van der Waals surface area contributed by atoms with Gasteiger partial charge in [0, 0.05) is 5.92 Å². The third-order valence-corrected chi connectivity index (χ3v) is 5.44. The lowest BCUT2D eigenvalue weighted by molar-refractivity contribution is 0.139. The van der Waals surface area contributed by atoms with Gasteiger partial charge < -0.3 is 10.5 Å². The summed E-state index contributed by atoms with van der Waals surface area (Å²) >= 11 is 0. The van der Waals surface area contributed by atoms with Gasteiger partial charge in [0.2, 0.25) is 0 Å². The van der Waals surface area contributed by atoms with E-state index in [1.807, 2.05) is 6.92 Å². The highest BCUT2D eigenvalue weighted by Crippen LogP contribution is 2.45. The largest absolute Gasteiger partial charge is 0.494 e. The van der Waals surface area contributed by atoms with Gasteiger partial charge in [0.25, 0.3) is 0 Å². The maximum atomic E-state index is 6.17. The molecule has 124 valence electrons. The Morgan fingerprint density at radius 2 is 1.77 bits per heavy atom. The maximum Gasteiger partial charge on any atom is 0.122 e. The van der Waals surface area contributed by atoms with Crippen LogP contribution in [0.2, 0.25) is 0 Å². The molecule has 1 fully saturated rings. The van der Waals surface area contributed by atoms with Gasteiger partial charge >= 0.3 is 0 Å². The molecule has 2 N–H and O–H groups in total. The van der Waals surface area contributed by atoms with Crippen LogP contribution in [0.15, 0.2) is 24.3 Å². The van der Waals surface area contributed by atoms with Crippen LogP contribution in [-0.4, -0.2) is 13.2 Å². The molecule has 1 unspecified atom stereocenters. The molecule has 0 heterocycles. The second-order valence-corrected chi connectivity index (χ2v) is 7.79. The number of para-hydroxylation sites is 1. The molecule has 1 aliphatic rings. The summed E-state index contributed by atoms with van der Waals surface area (Å²) in [5, 5.41) is 0. The quantitative estimate of drug-likeness (QED) is 0.832. The Hall–Kier alpha value is -1.02. The average molecular weight is 303 g/mol. The molecule has 2 rings (SSSR count). The normalized spacial score (nSPS) is 24.0. The van der Waals surface area contributed by atoms with Crippen LogP contribution < -0.4 is 10.5 Å². The predicted octanol–water partition coefficient (Wildman–Crippen LogP) is 4.98. The molecule has 1 aromatic rings. The van der Waals surface area contributed by atoms with Gasteiger partial charge in [0.05, 0.1) is 6.61 Å². The Morgan fingerprint density at radius 3 is 2.32 bits per heavy atom. The first-order valence-electron chi connectivity index (χ1n) is 8.89. The van der Waals surface area contributed by atoms with Gasteiger partial charge in [-0.15, -0.1) is 0 Å². The Kier molecular flexibility index (Phi) is 5.91. The second kappa shape index (κ2) is 7.50. The smallest absolute Gasteiger partial charge is 0.122 e. The van der Waals surface area contributed by atoms with Crippen LogP contribution in [-0.2, 0) is 0 Å². The minimum atomic E-state index is 0.434. The Bertz CT molecular complexity index is 455. The van der Waals surface area contributed by atoms with E-state index in [-0.39, 0.29) is 0 Å². The molecule has 0 bridgehead atoms. The molecule has 2 heteroatoms. The van der Waals surface area contributed by atoms with Crippen molar-refractivity contribution >= 4 is 0 Å². The monoisotopic (exact) mass is 303 g/mol. The Labute approximate surface area is 136 Å². The SMILES string of the molecule is CCOc1ccccc1C(CN)C1CCC(C(C)(C)C)CC1. The molecule has 0 saturated heterocycles. The zero-order valence-corrected chi connectivity index (χ0v) is 14.8. The highest BCUT2D eigenvalue weighted by Gasteiger charge is 2.33. The zero-order chi connectivity index (χ0) is 16.2. The standard InChI is InChI=1S/C20H33NO/c1-5-22-19-9-7-6-8-17(19)18(14-21)15-10-12-16(13-11-15)20(2,3)4/h6-9,15-16,18H,5,10-14,21H2,1-4H3. The number of rotatable bonds is 5. The lowest BCUT2D eigenvalue weighted by Gasteiger charge is -2.39. The minimum absolute atomic E-state index is 0.434. The number of ether oxygens (including phenoxy) is 1. The number of benzene rings is 1. The molecule has 0 aliphatic heterocycles. The van der Waals surface area contributed by atoms with Gasteiger partial charge in [-0.3, -0.25) is 0 Å². The summed E-state index contributed by atoms with van der Waals surface area (Å²) in [4.78, 5) is 0. The van der Waals surface area contributed by atoms with E-state index in [4.69, 9.17) is 10.5 Å². The number of nitrogens with two attached hydrogens (primary N) is 1. The van der Waals surface area contributed by atoms with E-state index in [1.165, 1.54) is 31.2 Å². The van der Waals surface area contributed by atoms with Gasteiger partial charge in [-0.1, -0.05) is 39.0 Å². The molecular weight excluding hydrogens is 270 g/mol. The predicted molar refractivity (Wildman–Crippen MR) is 94.3 cm³/mol. The summed E-state index contributed by atoms with van der Waals surface area (Å²) in [5.74, 6) is 3.01. The van der Waals surface area contributed by atoms with Crippen molar-refractivity contribution in [1.82, 2.24) is 0 Å². The van der Waals surface area contributed by atoms with Crippen molar-refractivity contribution in [3.05, 3.63) is 29.8 Å². The molecule has 0 amide bonds. The van der Waals surface area contributed by atoms with Gasteiger partial charge in [0.1, 0.15) is 5.75 Å². The van der Waals surface area contributed by atoms with Crippen molar-refractivity contribution in [2.75, 3.05) is 13.2 Å². The summed E-state index contributed by atoms with van der Waals surface area (Å²) in [6.07, 6.45) is 5.26. The fourth-order valence-electron chi connectivity index (χ4n) is 4.03. The van der Waals surface area contributed by atoms with Gasteiger partial charge in [-0.25, -0.2) is 0 Å². The summed E-state index contributed by atoms with van der Waals surface area (Å²) < 4.78 is 5.83. The van der Waals surface area contributed by atoms with E-state index in [0.717, 1.165) is 18.2 Å². The minimum Gasteiger partial charge on any atom is -0.494 e. The van der Waals surface area contributed by atoms with E-state index in [2.05, 4.69) is 45.0 Å². The average Bonchev–Trinajstić information content (AvgIpc) is 2.50. The summed E-state index contributed by atoms with van der Waals surface area (Å²) in [7, 11) is 0. The fourth-order valence-corrected chi connectivity index (χ4v) is 4.03. The fraction of sp³-hybridized carbons (Fsp3) is 0.700. The van der Waals surface area contributed by atoms with Gasteiger partial charge in [-0.05, 0) is 68.0 Å². The maximum absolute atomic E-state index is 6.17.